The second kappa shape index (κ2) is 2.88. The molecular weight excluding hydrogens is 236 g/mol. The first-order valence-electron chi connectivity index (χ1n) is 6.35. The Labute approximate surface area is 108 Å². The number of fused-ring (bicyclic) bond motifs is 3. The van der Waals surface area contributed by atoms with Crippen molar-refractivity contribution < 1.29 is 5.11 Å². The van der Waals surface area contributed by atoms with Crippen molar-refractivity contribution in [3.8, 4) is 16.9 Å². The summed E-state index contributed by atoms with van der Waals surface area (Å²) in [5.41, 5.74) is 5.89. The van der Waals surface area contributed by atoms with Crippen LogP contribution in [0.4, 0.5) is 0 Å². The van der Waals surface area contributed by atoms with E-state index in [1.807, 2.05) is 18.2 Å². The third kappa shape index (κ3) is 1.02. The van der Waals surface area contributed by atoms with Gasteiger partial charge >= 0.3 is 0 Å². The lowest BCUT2D eigenvalue weighted by molar-refractivity contribution is 0.476. The zero-order chi connectivity index (χ0) is 12.6. The Morgan fingerprint density at radius 1 is 1.11 bits per heavy atom. The largest absolute Gasteiger partial charge is 0.508 e. The highest BCUT2D eigenvalue weighted by molar-refractivity contribution is 6.18. The first kappa shape index (κ1) is 9.39. The predicted molar refractivity (Wildman–Crippen MR) is 74.7 cm³/mol. The molecule has 4 bridgehead atoms. The minimum atomic E-state index is 0.302. The van der Waals surface area contributed by atoms with E-state index in [0.29, 0.717) is 5.75 Å². The number of hydrogen-bond donors (Lipinski definition) is 2. The highest BCUT2D eigenvalue weighted by Crippen LogP contribution is 2.44. The van der Waals surface area contributed by atoms with Gasteiger partial charge < -0.3 is 5.11 Å². The summed E-state index contributed by atoms with van der Waals surface area (Å²) in [6, 6.07) is 11.9. The summed E-state index contributed by atoms with van der Waals surface area (Å²) < 4.78 is 0. The predicted octanol–water partition coefficient (Wildman–Crippen LogP) is 3.43. The molecule has 3 heteroatoms. The van der Waals surface area contributed by atoms with Crippen molar-refractivity contribution in [1.82, 2.24) is 10.2 Å². The maximum Gasteiger partial charge on any atom is 0.116 e. The third-order valence-corrected chi connectivity index (χ3v) is 4.13. The van der Waals surface area contributed by atoms with Gasteiger partial charge in [0.25, 0.3) is 0 Å². The van der Waals surface area contributed by atoms with E-state index < -0.39 is 0 Å². The van der Waals surface area contributed by atoms with Gasteiger partial charge in [-0.2, -0.15) is 5.10 Å². The van der Waals surface area contributed by atoms with Gasteiger partial charge in [-0.05, 0) is 51.7 Å². The zero-order valence-corrected chi connectivity index (χ0v) is 10.1. The maximum absolute atomic E-state index is 9.81. The molecule has 3 aliphatic rings. The summed E-state index contributed by atoms with van der Waals surface area (Å²) in [5, 5.41) is 21.0. The van der Waals surface area contributed by atoms with Crippen LogP contribution < -0.4 is 0 Å². The van der Waals surface area contributed by atoms with Crippen molar-refractivity contribution in [2.24, 2.45) is 0 Å². The molecule has 0 atom stereocenters. The van der Waals surface area contributed by atoms with Gasteiger partial charge in [0.05, 0.1) is 11.2 Å². The normalized spacial score (nSPS) is 13.3. The van der Waals surface area contributed by atoms with Crippen molar-refractivity contribution in [2.45, 2.75) is 6.42 Å². The van der Waals surface area contributed by atoms with E-state index in [2.05, 4.69) is 22.3 Å². The van der Waals surface area contributed by atoms with Gasteiger partial charge in [-0.3, -0.25) is 5.10 Å². The lowest BCUT2D eigenvalue weighted by atomic mass is 10.1. The van der Waals surface area contributed by atoms with Crippen LogP contribution in [0.25, 0.3) is 32.8 Å². The fourth-order valence-electron chi connectivity index (χ4n) is 3.32. The van der Waals surface area contributed by atoms with Crippen LogP contribution >= 0.6 is 0 Å². The molecule has 2 aromatic rings. The van der Waals surface area contributed by atoms with Gasteiger partial charge in [0.15, 0.2) is 0 Å². The van der Waals surface area contributed by atoms with E-state index in [4.69, 9.17) is 0 Å². The summed E-state index contributed by atoms with van der Waals surface area (Å²) in [7, 11) is 0. The molecule has 0 fully saturated rings. The molecule has 3 nitrogen and oxygen atoms in total. The molecule has 0 amide bonds. The smallest absolute Gasteiger partial charge is 0.116 e. The van der Waals surface area contributed by atoms with Crippen molar-refractivity contribution >= 4 is 21.7 Å². The monoisotopic (exact) mass is 246 g/mol. The molecule has 2 N–H and O–H groups in total. The number of hydrogen-bond acceptors (Lipinski definition) is 2. The molecule has 1 aromatic carbocycles. The molecule has 0 aliphatic heterocycles. The molecule has 0 unspecified atom stereocenters. The summed E-state index contributed by atoms with van der Waals surface area (Å²) in [4.78, 5) is 0. The number of rotatable bonds is 0. The number of aromatic amines is 1. The minimum Gasteiger partial charge on any atom is -0.508 e. The van der Waals surface area contributed by atoms with Gasteiger partial charge in [0.2, 0.25) is 0 Å². The van der Waals surface area contributed by atoms with Crippen LogP contribution in [0.1, 0.15) is 11.3 Å². The average Bonchev–Trinajstić information content (AvgIpc) is 2.98. The third-order valence-electron chi connectivity index (χ3n) is 4.13. The Morgan fingerprint density at radius 3 is 3.00 bits per heavy atom. The highest BCUT2D eigenvalue weighted by atomic mass is 16.3. The second-order valence-corrected chi connectivity index (χ2v) is 5.20. The quantitative estimate of drug-likeness (QED) is 0.440. The van der Waals surface area contributed by atoms with Crippen LogP contribution in [0.3, 0.4) is 0 Å². The Kier molecular flexibility index (Phi) is 1.42. The van der Waals surface area contributed by atoms with Gasteiger partial charge in [-0.25, -0.2) is 0 Å². The Hall–Kier alpha value is -2.55. The van der Waals surface area contributed by atoms with Crippen molar-refractivity contribution in [2.75, 3.05) is 0 Å². The molecule has 19 heavy (non-hydrogen) atoms. The van der Waals surface area contributed by atoms with E-state index in [1.165, 1.54) is 27.2 Å². The molecule has 3 aliphatic carbocycles. The highest BCUT2D eigenvalue weighted by Gasteiger charge is 2.24. The molecule has 90 valence electrons. The van der Waals surface area contributed by atoms with Crippen LogP contribution in [0.15, 0.2) is 36.4 Å². The maximum atomic E-state index is 9.81. The molecule has 0 spiro atoms. The Bertz CT molecular complexity index is 952. The van der Waals surface area contributed by atoms with E-state index >= 15 is 0 Å². The van der Waals surface area contributed by atoms with E-state index in [9.17, 15) is 5.11 Å². The van der Waals surface area contributed by atoms with Crippen molar-refractivity contribution in [3.05, 3.63) is 47.7 Å². The fourth-order valence-corrected chi connectivity index (χ4v) is 3.32. The Morgan fingerprint density at radius 2 is 2.05 bits per heavy atom. The van der Waals surface area contributed by atoms with Crippen LogP contribution in [0.5, 0.6) is 5.75 Å². The van der Waals surface area contributed by atoms with Gasteiger partial charge in [0, 0.05) is 11.8 Å². The number of aromatic nitrogens is 2. The number of nitrogens with one attached hydrogen (secondary N) is 1. The molecule has 5 rings (SSSR count). The minimum absolute atomic E-state index is 0.302. The van der Waals surface area contributed by atoms with Crippen LogP contribution in [0, 0.1) is 0 Å². The van der Waals surface area contributed by atoms with Gasteiger partial charge in [-0.1, -0.05) is 12.1 Å². The lowest BCUT2D eigenvalue weighted by Gasteiger charge is -1.98. The molecule has 1 aromatic heterocycles. The number of nitrogens with zero attached hydrogens (tertiary/aromatic N) is 1. The zero-order valence-electron chi connectivity index (χ0n) is 10.1. The number of benzene rings is 1. The Balaban J connectivity index is 2.09. The first-order valence-corrected chi connectivity index (χ1v) is 6.35. The summed E-state index contributed by atoms with van der Waals surface area (Å²) >= 11 is 0. The molecule has 0 saturated heterocycles. The topological polar surface area (TPSA) is 48.9 Å². The SMILES string of the molecule is Oc1cccc2cc3c(cc4c5[nH]nc(c53)C4)c-2c1. The summed E-state index contributed by atoms with van der Waals surface area (Å²) in [5.74, 6) is 0.302. The van der Waals surface area contributed by atoms with Crippen molar-refractivity contribution in [3.63, 3.8) is 0 Å². The number of aromatic hydroxyl groups is 1. The van der Waals surface area contributed by atoms with Crippen molar-refractivity contribution in [1.29, 1.82) is 0 Å². The summed E-state index contributed by atoms with van der Waals surface area (Å²) in [6.07, 6.45) is 0.929. The molecular formula is C16H10N2O. The summed E-state index contributed by atoms with van der Waals surface area (Å²) in [6.45, 7) is 0. The van der Waals surface area contributed by atoms with Crippen LogP contribution in [0.2, 0.25) is 0 Å². The standard InChI is InChI=1S/C16H10N2O/c19-10-3-1-2-8-4-13-12(11(8)7-10)5-9-6-14-15(13)16(9)18-17-14/h1-5,7,19H,6H2,(H,17,18). The fraction of sp³-hybridized carbons (Fsp3) is 0.0625. The van der Waals surface area contributed by atoms with E-state index in [-0.39, 0.29) is 0 Å². The van der Waals surface area contributed by atoms with E-state index in [0.717, 1.165) is 23.2 Å². The second-order valence-electron chi connectivity index (χ2n) is 5.20. The van der Waals surface area contributed by atoms with Crippen LogP contribution in [-0.4, -0.2) is 15.3 Å². The van der Waals surface area contributed by atoms with Gasteiger partial charge in [0.1, 0.15) is 5.75 Å². The van der Waals surface area contributed by atoms with E-state index in [1.54, 1.807) is 6.07 Å². The van der Waals surface area contributed by atoms with Crippen LogP contribution in [-0.2, 0) is 6.42 Å². The molecule has 0 radical (unpaired) electrons. The lowest BCUT2D eigenvalue weighted by Crippen LogP contribution is -1.88. The molecule has 0 saturated carbocycles. The van der Waals surface area contributed by atoms with Gasteiger partial charge in [-0.15, -0.1) is 0 Å². The first-order chi connectivity index (χ1) is 9.31. The number of H-pyrrole nitrogens is 1. The average molecular weight is 246 g/mol. The molecule has 1 heterocycles.